The van der Waals surface area contributed by atoms with Crippen molar-refractivity contribution in [1.29, 1.82) is 0 Å². The Kier molecular flexibility index (Phi) is 6.30. The first-order chi connectivity index (χ1) is 8.00. The normalized spacial score (nSPS) is 25.5. The Morgan fingerprint density at radius 2 is 2.12 bits per heavy atom. The number of likely N-dealkylation sites (N-methyl/N-ethyl adjacent to an activating group) is 1. The summed E-state index contributed by atoms with van der Waals surface area (Å²) in [5.41, 5.74) is 0. The molecular weight excluding hydrogens is 236 g/mol. The van der Waals surface area contributed by atoms with Crippen LogP contribution in [0.4, 0.5) is 0 Å². The maximum Gasteiger partial charge on any atom is 0.317 e. The van der Waals surface area contributed by atoms with Gasteiger partial charge < -0.3 is 10.0 Å². The van der Waals surface area contributed by atoms with Gasteiger partial charge in [-0.1, -0.05) is 6.92 Å². The maximum absolute atomic E-state index is 10.9. The van der Waals surface area contributed by atoms with Crippen LogP contribution in [0.1, 0.15) is 19.8 Å². The van der Waals surface area contributed by atoms with E-state index in [1.54, 1.807) is 0 Å². The third-order valence-electron chi connectivity index (χ3n) is 3.21. The molecular formula is C12H24N2O2S. The van der Waals surface area contributed by atoms with E-state index in [4.69, 9.17) is 5.11 Å². The smallest absolute Gasteiger partial charge is 0.317 e. The van der Waals surface area contributed by atoms with Crippen molar-refractivity contribution in [3.05, 3.63) is 0 Å². The van der Waals surface area contributed by atoms with Crippen LogP contribution in [-0.4, -0.2) is 71.6 Å². The van der Waals surface area contributed by atoms with Crippen molar-refractivity contribution in [1.82, 2.24) is 9.80 Å². The highest BCUT2D eigenvalue weighted by Crippen LogP contribution is 2.28. The van der Waals surface area contributed by atoms with Crippen LogP contribution in [0, 0.1) is 0 Å². The van der Waals surface area contributed by atoms with E-state index in [0.717, 1.165) is 19.5 Å². The first-order valence-corrected chi connectivity index (χ1v) is 7.27. The van der Waals surface area contributed by atoms with E-state index in [1.807, 2.05) is 25.9 Å². The van der Waals surface area contributed by atoms with Gasteiger partial charge >= 0.3 is 5.97 Å². The van der Waals surface area contributed by atoms with Crippen molar-refractivity contribution in [2.24, 2.45) is 0 Å². The summed E-state index contributed by atoms with van der Waals surface area (Å²) in [5.74, 6) is 0.498. The van der Waals surface area contributed by atoms with Gasteiger partial charge in [0.1, 0.15) is 0 Å². The van der Waals surface area contributed by atoms with Crippen molar-refractivity contribution in [3.63, 3.8) is 0 Å². The Morgan fingerprint density at radius 3 is 2.65 bits per heavy atom. The molecule has 4 nitrogen and oxygen atoms in total. The standard InChI is InChI=1S/C12H24N2O2S/c1-10-11(5-4-8-17-10)14(9-12(15)16)7-6-13(2)3/h10-11H,4-9H2,1-3H3,(H,15,16). The predicted octanol–water partition coefficient (Wildman–Crippen LogP) is 1.22. The summed E-state index contributed by atoms with van der Waals surface area (Å²) in [6.07, 6.45) is 2.34. The topological polar surface area (TPSA) is 43.8 Å². The van der Waals surface area contributed by atoms with Crippen LogP contribution in [0.3, 0.4) is 0 Å². The molecule has 1 aliphatic rings. The SMILES string of the molecule is CC1SCCCC1N(CCN(C)C)CC(=O)O. The minimum Gasteiger partial charge on any atom is -0.480 e. The molecule has 1 fully saturated rings. The van der Waals surface area contributed by atoms with Crippen LogP contribution >= 0.6 is 11.8 Å². The van der Waals surface area contributed by atoms with Crippen LogP contribution in [0.15, 0.2) is 0 Å². The largest absolute Gasteiger partial charge is 0.480 e. The van der Waals surface area contributed by atoms with E-state index >= 15 is 0 Å². The maximum atomic E-state index is 10.9. The number of thioether (sulfide) groups is 1. The van der Waals surface area contributed by atoms with Gasteiger partial charge in [-0.3, -0.25) is 9.69 Å². The fraction of sp³-hybridized carbons (Fsp3) is 0.917. The molecule has 1 N–H and O–H groups in total. The van der Waals surface area contributed by atoms with Gasteiger partial charge in [-0.25, -0.2) is 0 Å². The lowest BCUT2D eigenvalue weighted by Crippen LogP contribution is -2.48. The van der Waals surface area contributed by atoms with Gasteiger partial charge in [0.15, 0.2) is 0 Å². The lowest BCUT2D eigenvalue weighted by molar-refractivity contribution is -0.139. The number of hydrogen-bond donors (Lipinski definition) is 1. The molecule has 100 valence electrons. The van der Waals surface area contributed by atoms with E-state index in [0.29, 0.717) is 11.3 Å². The molecule has 0 aromatic carbocycles. The molecule has 17 heavy (non-hydrogen) atoms. The summed E-state index contributed by atoms with van der Waals surface area (Å²) in [6, 6.07) is 0.421. The summed E-state index contributed by atoms with van der Waals surface area (Å²) in [6.45, 7) is 4.15. The monoisotopic (exact) mass is 260 g/mol. The first-order valence-electron chi connectivity index (χ1n) is 6.23. The zero-order valence-corrected chi connectivity index (χ0v) is 11.9. The molecule has 1 rings (SSSR count). The fourth-order valence-corrected chi connectivity index (χ4v) is 3.49. The van der Waals surface area contributed by atoms with Crippen LogP contribution < -0.4 is 0 Å². The van der Waals surface area contributed by atoms with Crippen LogP contribution in [0.2, 0.25) is 0 Å². The highest BCUT2D eigenvalue weighted by Gasteiger charge is 2.28. The summed E-state index contributed by atoms with van der Waals surface area (Å²) in [7, 11) is 4.05. The molecule has 0 aliphatic carbocycles. The van der Waals surface area contributed by atoms with Gasteiger partial charge in [0.25, 0.3) is 0 Å². The second-order valence-corrected chi connectivity index (χ2v) is 6.44. The number of nitrogens with zero attached hydrogens (tertiary/aromatic N) is 2. The average molecular weight is 260 g/mol. The lowest BCUT2D eigenvalue weighted by atomic mass is 10.1. The molecule has 1 heterocycles. The summed E-state index contributed by atoms with van der Waals surface area (Å²) in [5, 5.41) is 9.55. The summed E-state index contributed by atoms with van der Waals surface area (Å²) >= 11 is 1.97. The highest BCUT2D eigenvalue weighted by molar-refractivity contribution is 7.99. The van der Waals surface area contributed by atoms with E-state index in [-0.39, 0.29) is 6.54 Å². The molecule has 0 saturated carbocycles. The number of carboxylic acids is 1. The van der Waals surface area contributed by atoms with Crippen molar-refractivity contribution >= 4 is 17.7 Å². The molecule has 0 aromatic heterocycles. The Balaban J connectivity index is 2.56. The second kappa shape index (κ2) is 7.24. The van der Waals surface area contributed by atoms with Gasteiger partial charge in [-0.05, 0) is 32.7 Å². The lowest BCUT2D eigenvalue weighted by Gasteiger charge is -2.37. The molecule has 5 heteroatoms. The predicted molar refractivity (Wildman–Crippen MR) is 72.7 cm³/mol. The van der Waals surface area contributed by atoms with E-state index < -0.39 is 5.97 Å². The van der Waals surface area contributed by atoms with Crippen LogP contribution in [-0.2, 0) is 4.79 Å². The molecule has 2 atom stereocenters. The average Bonchev–Trinajstić information content (AvgIpc) is 2.24. The van der Waals surface area contributed by atoms with Gasteiger partial charge in [0.05, 0.1) is 6.54 Å². The van der Waals surface area contributed by atoms with Crippen molar-refractivity contribution in [2.45, 2.75) is 31.1 Å². The molecule has 0 spiro atoms. The van der Waals surface area contributed by atoms with Gasteiger partial charge in [-0.15, -0.1) is 0 Å². The molecule has 0 aromatic rings. The van der Waals surface area contributed by atoms with Crippen LogP contribution in [0.25, 0.3) is 0 Å². The zero-order valence-electron chi connectivity index (χ0n) is 11.1. The van der Waals surface area contributed by atoms with E-state index in [1.165, 1.54) is 12.2 Å². The second-order valence-electron chi connectivity index (χ2n) is 4.95. The Bertz CT molecular complexity index is 249. The number of carboxylic acid groups (broad SMARTS) is 1. The molecule has 2 unspecified atom stereocenters. The van der Waals surface area contributed by atoms with E-state index in [2.05, 4.69) is 16.7 Å². The quantitative estimate of drug-likeness (QED) is 0.778. The minimum absolute atomic E-state index is 0.170. The molecule has 0 amide bonds. The first kappa shape index (κ1) is 14.8. The molecule has 1 saturated heterocycles. The number of rotatable bonds is 6. The Hall–Kier alpha value is -0.260. The Labute approximate surface area is 108 Å². The number of hydrogen-bond acceptors (Lipinski definition) is 4. The molecule has 1 aliphatic heterocycles. The fourth-order valence-electron chi connectivity index (χ4n) is 2.25. The van der Waals surface area contributed by atoms with Crippen molar-refractivity contribution in [3.8, 4) is 0 Å². The van der Waals surface area contributed by atoms with Gasteiger partial charge in [0.2, 0.25) is 0 Å². The third-order valence-corrected chi connectivity index (χ3v) is 4.57. The van der Waals surface area contributed by atoms with E-state index in [9.17, 15) is 4.79 Å². The highest BCUT2D eigenvalue weighted by atomic mass is 32.2. The number of aliphatic carboxylic acids is 1. The zero-order chi connectivity index (χ0) is 12.8. The summed E-state index contributed by atoms with van der Waals surface area (Å²) in [4.78, 5) is 15.2. The van der Waals surface area contributed by atoms with Gasteiger partial charge in [-0.2, -0.15) is 11.8 Å². The summed E-state index contributed by atoms with van der Waals surface area (Å²) < 4.78 is 0. The third kappa shape index (κ3) is 5.27. The van der Waals surface area contributed by atoms with Crippen molar-refractivity contribution in [2.75, 3.05) is 39.5 Å². The Morgan fingerprint density at radius 1 is 1.41 bits per heavy atom. The molecule has 0 bridgehead atoms. The minimum atomic E-state index is -0.716. The molecule has 0 radical (unpaired) electrons. The van der Waals surface area contributed by atoms with Crippen molar-refractivity contribution < 1.29 is 9.90 Å². The van der Waals surface area contributed by atoms with Gasteiger partial charge in [0, 0.05) is 24.4 Å². The van der Waals surface area contributed by atoms with Crippen LogP contribution in [0.5, 0.6) is 0 Å². The number of carbonyl (C=O) groups is 1.